The summed E-state index contributed by atoms with van der Waals surface area (Å²) in [6, 6.07) is 5.04. The number of fused-ring (bicyclic) bond motifs is 1. The first kappa shape index (κ1) is 28.6. The summed E-state index contributed by atoms with van der Waals surface area (Å²) in [4.78, 5) is 38.1. The van der Waals surface area contributed by atoms with Gasteiger partial charge in [0.2, 0.25) is 17.8 Å². The maximum atomic E-state index is 16.1. The van der Waals surface area contributed by atoms with Crippen LogP contribution in [0.2, 0.25) is 5.02 Å². The molecule has 2 amide bonds. The zero-order chi connectivity index (χ0) is 29.0. The lowest BCUT2D eigenvalue weighted by Crippen LogP contribution is -2.48. The second-order valence-electron chi connectivity index (χ2n) is 9.10. The molecule has 0 aliphatic carbocycles. The van der Waals surface area contributed by atoms with Gasteiger partial charge < -0.3 is 25.1 Å². The van der Waals surface area contributed by atoms with Crippen molar-refractivity contribution in [2.75, 3.05) is 56.5 Å². The highest BCUT2D eigenvalue weighted by molar-refractivity contribution is 6.34. The number of aromatic hydroxyl groups is 1. The van der Waals surface area contributed by atoms with E-state index in [4.69, 9.17) is 18.0 Å². The Balaban J connectivity index is 1.77. The van der Waals surface area contributed by atoms with E-state index in [1.165, 1.54) is 29.2 Å². The lowest BCUT2D eigenvalue weighted by molar-refractivity contribution is -0.129. The van der Waals surface area contributed by atoms with E-state index < -0.39 is 17.4 Å². The molecular formula is C28H27ClF2N6O3. The Bertz CT molecular complexity index is 1500. The van der Waals surface area contributed by atoms with Gasteiger partial charge in [-0.2, -0.15) is 4.98 Å². The van der Waals surface area contributed by atoms with Gasteiger partial charge in [0.15, 0.2) is 5.82 Å². The second-order valence-corrected chi connectivity index (χ2v) is 9.50. The summed E-state index contributed by atoms with van der Waals surface area (Å²) in [5, 5.41) is 13.4. The monoisotopic (exact) mass is 568 g/mol. The minimum atomic E-state index is -0.945. The zero-order valence-electron chi connectivity index (χ0n) is 21.8. The summed E-state index contributed by atoms with van der Waals surface area (Å²) < 4.78 is 30.8. The highest BCUT2D eigenvalue weighted by Gasteiger charge is 2.27. The van der Waals surface area contributed by atoms with E-state index >= 15 is 4.39 Å². The third-order valence-electron chi connectivity index (χ3n) is 6.55. The molecular weight excluding hydrogens is 542 g/mol. The molecule has 12 heteroatoms. The van der Waals surface area contributed by atoms with Crippen molar-refractivity contribution in [3.05, 3.63) is 53.6 Å². The summed E-state index contributed by atoms with van der Waals surface area (Å²) in [7, 11) is 1.59. The van der Waals surface area contributed by atoms with E-state index in [2.05, 4.69) is 27.8 Å². The molecule has 40 heavy (non-hydrogen) atoms. The molecule has 0 spiro atoms. The van der Waals surface area contributed by atoms with Crippen LogP contribution in [0.5, 0.6) is 5.75 Å². The highest BCUT2D eigenvalue weighted by Crippen LogP contribution is 2.42. The molecule has 9 nitrogen and oxygen atoms in total. The Morgan fingerprint density at radius 1 is 1.25 bits per heavy atom. The van der Waals surface area contributed by atoms with E-state index in [1.807, 2.05) is 4.90 Å². The number of hydrogen-bond acceptors (Lipinski definition) is 7. The highest BCUT2D eigenvalue weighted by atomic mass is 35.5. The minimum Gasteiger partial charge on any atom is -0.507 e. The Morgan fingerprint density at radius 2 is 1.98 bits per heavy atom. The molecule has 0 atom stereocenters. The van der Waals surface area contributed by atoms with Crippen molar-refractivity contribution in [1.29, 1.82) is 0 Å². The number of amides is 2. The normalized spacial score (nSPS) is 13.2. The molecule has 0 saturated carbocycles. The summed E-state index contributed by atoms with van der Waals surface area (Å²) in [6.07, 6.45) is 6.59. The van der Waals surface area contributed by atoms with Crippen LogP contribution in [0.15, 0.2) is 36.9 Å². The van der Waals surface area contributed by atoms with Crippen molar-refractivity contribution in [2.24, 2.45) is 0 Å². The average Bonchev–Trinajstić information content (AvgIpc) is 2.94. The van der Waals surface area contributed by atoms with Crippen LogP contribution >= 0.6 is 11.6 Å². The fraction of sp³-hybridized carbons (Fsp3) is 0.286. The first-order valence-electron chi connectivity index (χ1n) is 12.4. The topological polar surface area (TPSA) is 102 Å². The molecule has 0 bridgehead atoms. The number of hydrogen-bond donors (Lipinski definition) is 2. The van der Waals surface area contributed by atoms with Gasteiger partial charge in [-0.1, -0.05) is 30.2 Å². The Labute approximate surface area is 235 Å². The van der Waals surface area contributed by atoms with E-state index in [1.54, 1.807) is 11.9 Å². The number of terminal acetylenes is 1. The molecule has 2 aromatic carbocycles. The van der Waals surface area contributed by atoms with Crippen molar-refractivity contribution in [3.63, 3.8) is 0 Å². The predicted octanol–water partition coefficient (Wildman–Crippen LogP) is 3.66. The van der Waals surface area contributed by atoms with E-state index in [0.717, 1.165) is 6.07 Å². The molecule has 0 radical (unpaired) electrons. The van der Waals surface area contributed by atoms with Crippen LogP contribution in [0.4, 0.5) is 20.5 Å². The van der Waals surface area contributed by atoms with Gasteiger partial charge in [-0.15, -0.1) is 6.42 Å². The first-order valence-corrected chi connectivity index (χ1v) is 12.8. The molecule has 1 aromatic heterocycles. The van der Waals surface area contributed by atoms with E-state index in [9.17, 15) is 19.1 Å². The summed E-state index contributed by atoms with van der Waals surface area (Å²) in [5.74, 6) is 0.0949. The molecule has 208 valence electrons. The Kier molecular flexibility index (Phi) is 8.70. The van der Waals surface area contributed by atoms with Gasteiger partial charge in [0, 0.05) is 57.1 Å². The summed E-state index contributed by atoms with van der Waals surface area (Å²) in [6.45, 7) is 5.35. The minimum absolute atomic E-state index is 0.0319. The van der Waals surface area contributed by atoms with Gasteiger partial charge in [-0.3, -0.25) is 9.59 Å². The average molecular weight is 569 g/mol. The number of benzene rings is 2. The third-order valence-corrected chi connectivity index (χ3v) is 6.84. The van der Waals surface area contributed by atoms with Crippen molar-refractivity contribution in [2.45, 2.75) is 6.42 Å². The fourth-order valence-corrected chi connectivity index (χ4v) is 4.74. The molecule has 2 N–H and O–H groups in total. The molecule has 1 saturated heterocycles. The molecule has 1 aliphatic rings. The van der Waals surface area contributed by atoms with Crippen LogP contribution in [0.1, 0.15) is 6.42 Å². The number of anilines is 2. The van der Waals surface area contributed by atoms with E-state index in [0.29, 0.717) is 32.0 Å². The zero-order valence-corrected chi connectivity index (χ0v) is 22.5. The molecule has 4 rings (SSSR count). The van der Waals surface area contributed by atoms with E-state index in [-0.39, 0.29) is 64.3 Å². The van der Waals surface area contributed by atoms with Crippen molar-refractivity contribution in [1.82, 2.24) is 19.8 Å². The molecule has 1 fully saturated rings. The number of phenolic OH excluding ortho intramolecular Hbond substituents is 1. The summed E-state index contributed by atoms with van der Waals surface area (Å²) in [5.41, 5.74) is -0.886. The number of rotatable bonds is 8. The number of nitrogens with zero attached hydrogens (tertiary/aromatic N) is 5. The van der Waals surface area contributed by atoms with Crippen molar-refractivity contribution in [3.8, 4) is 29.2 Å². The molecule has 0 unspecified atom stereocenters. The maximum absolute atomic E-state index is 16.1. The van der Waals surface area contributed by atoms with Crippen LogP contribution < -0.4 is 10.2 Å². The van der Waals surface area contributed by atoms with Crippen LogP contribution in [-0.2, 0) is 9.59 Å². The number of carbonyl (C=O) groups excluding carboxylic acids is 2. The van der Waals surface area contributed by atoms with Gasteiger partial charge in [0.1, 0.15) is 22.9 Å². The number of aromatic nitrogens is 2. The Hall–Kier alpha value is -4.43. The van der Waals surface area contributed by atoms with Gasteiger partial charge in [-0.05, 0) is 24.3 Å². The first-order chi connectivity index (χ1) is 19.2. The number of halogens is 3. The lowest BCUT2D eigenvalue weighted by atomic mass is 10.0. The smallest absolute Gasteiger partial charge is 0.246 e. The Morgan fingerprint density at radius 3 is 2.62 bits per heavy atom. The molecule has 1 aliphatic heterocycles. The van der Waals surface area contributed by atoms with Crippen LogP contribution in [0, 0.1) is 24.0 Å². The van der Waals surface area contributed by atoms with Gasteiger partial charge in [-0.25, -0.2) is 13.8 Å². The number of nitrogens with one attached hydrogen (secondary N) is 1. The van der Waals surface area contributed by atoms with Crippen LogP contribution in [0.25, 0.3) is 22.0 Å². The van der Waals surface area contributed by atoms with Crippen LogP contribution in [-0.4, -0.2) is 83.0 Å². The molecule has 2 heterocycles. The standard InChI is InChI=1S/C28H27ClF2N6O3/c1-4-11-35(3)22(40)9-10-32-28-33-26-17(27(34-28)37-14-12-36(13-15-37)21(39)5-2)16-18(29)23(25(26)31)24-19(30)7-6-8-20(24)38/h1,5-8,16,38H,2,9-15H2,3H3,(H,32,33,34). The lowest BCUT2D eigenvalue weighted by Gasteiger charge is -2.35. The quantitative estimate of drug-likeness (QED) is 0.316. The van der Waals surface area contributed by atoms with Gasteiger partial charge in [0.05, 0.1) is 17.1 Å². The number of carbonyl (C=O) groups is 2. The van der Waals surface area contributed by atoms with Crippen LogP contribution in [0.3, 0.4) is 0 Å². The van der Waals surface area contributed by atoms with Crippen molar-refractivity contribution >= 4 is 46.1 Å². The predicted molar refractivity (Wildman–Crippen MR) is 150 cm³/mol. The van der Waals surface area contributed by atoms with Gasteiger partial charge in [0.25, 0.3) is 0 Å². The maximum Gasteiger partial charge on any atom is 0.246 e. The number of phenols is 1. The SMILES string of the molecule is C#CCN(C)C(=O)CCNc1nc(N2CCN(C(=O)C=C)CC2)c2cc(Cl)c(-c3c(O)cccc3F)c(F)c2n1. The largest absolute Gasteiger partial charge is 0.507 e. The summed E-state index contributed by atoms with van der Waals surface area (Å²) >= 11 is 6.47. The fourth-order valence-electron chi connectivity index (χ4n) is 4.45. The van der Waals surface area contributed by atoms with Crippen molar-refractivity contribution < 1.29 is 23.5 Å². The van der Waals surface area contributed by atoms with Gasteiger partial charge >= 0.3 is 0 Å². The third kappa shape index (κ3) is 5.77. The molecule has 3 aromatic rings. The second kappa shape index (κ2) is 12.2. The number of piperazine rings is 1.